The molecule has 0 fully saturated rings. The van der Waals surface area contributed by atoms with E-state index in [0.29, 0.717) is 11.3 Å². The van der Waals surface area contributed by atoms with E-state index in [0.717, 1.165) is 0 Å². The van der Waals surface area contributed by atoms with Gasteiger partial charge >= 0.3 is 5.97 Å². The fraction of sp³-hybridized carbons (Fsp3) is 0.0455. The number of carboxylic acid groups (broad SMARTS) is 1. The van der Waals surface area contributed by atoms with Gasteiger partial charge in [0.15, 0.2) is 17.3 Å². The predicted molar refractivity (Wildman–Crippen MR) is 104 cm³/mol. The third-order valence-corrected chi connectivity index (χ3v) is 4.69. The molecule has 0 amide bonds. The Balaban J connectivity index is 1.74. The predicted octanol–water partition coefficient (Wildman–Crippen LogP) is 3.17. The summed E-state index contributed by atoms with van der Waals surface area (Å²) in [4.78, 5) is 36.5. The topological polar surface area (TPSA) is 127 Å². The molecular weight excluding hydrogens is 374 g/mol. The molecule has 0 heterocycles. The highest BCUT2D eigenvalue weighted by atomic mass is 16.5. The number of ketones is 2. The van der Waals surface area contributed by atoms with Crippen molar-refractivity contribution in [3.8, 4) is 17.2 Å². The third-order valence-electron chi connectivity index (χ3n) is 4.69. The fourth-order valence-electron chi connectivity index (χ4n) is 3.34. The zero-order valence-corrected chi connectivity index (χ0v) is 15.0. The first-order valence-corrected chi connectivity index (χ1v) is 8.69. The maximum absolute atomic E-state index is 12.9. The summed E-state index contributed by atoms with van der Waals surface area (Å²) < 4.78 is 5.69. The van der Waals surface area contributed by atoms with Crippen LogP contribution in [0.5, 0.6) is 17.2 Å². The van der Waals surface area contributed by atoms with Crippen molar-refractivity contribution in [2.45, 2.75) is 6.42 Å². The molecule has 1 aliphatic carbocycles. The van der Waals surface area contributed by atoms with Gasteiger partial charge in [-0.15, -0.1) is 0 Å². The Morgan fingerprint density at radius 1 is 0.931 bits per heavy atom. The number of ether oxygens (including phenoxy) is 1. The molecule has 3 aromatic carbocycles. The van der Waals surface area contributed by atoms with E-state index in [1.54, 1.807) is 36.4 Å². The Kier molecular flexibility index (Phi) is 4.27. The molecule has 0 aliphatic heterocycles. The molecule has 0 unspecified atom stereocenters. The molecule has 4 rings (SSSR count). The Labute approximate surface area is 165 Å². The van der Waals surface area contributed by atoms with E-state index < -0.39 is 23.3 Å². The molecule has 4 N–H and O–H groups in total. The Hall–Kier alpha value is -4.13. The molecular formula is C22H15NO6. The quantitative estimate of drug-likeness (QED) is 0.361. The summed E-state index contributed by atoms with van der Waals surface area (Å²) in [5.41, 5.74) is 6.86. The van der Waals surface area contributed by atoms with Crippen LogP contribution in [0, 0.1) is 0 Å². The number of carboxylic acids is 1. The van der Waals surface area contributed by atoms with E-state index in [1.807, 2.05) is 0 Å². The van der Waals surface area contributed by atoms with Crippen LogP contribution in [-0.2, 0) is 11.2 Å². The minimum absolute atomic E-state index is 0.0211. The molecule has 1 aliphatic rings. The molecule has 0 spiro atoms. The number of carbonyl (C=O) groups excluding carboxylic acids is 2. The number of carbonyl (C=O) groups is 3. The van der Waals surface area contributed by atoms with Crippen LogP contribution >= 0.6 is 0 Å². The summed E-state index contributed by atoms with van der Waals surface area (Å²) >= 11 is 0. The number of hydrogen-bond acceptors (Lipinski definition) is 6. The van der Waals surface area contributed by atoms with Crippen LogP contribution in [0.2, 0.25) is 0 Å². The number of rotatable bonds is 4. The Morgan fingerprint density at radius 3 is 2.10 bits per heavy atom. The van der Waals surface area contributed by atoms with Gasteiger partial charge in [0.2, 0.25) is 0 Å². The van der Waals surface area contributed by atoms with E-state index in [9.17, 15) is 19.5 Å². The molecule has 0 bridgehead atoms. The Bertz CT molecular complexity index is 1180. The van der Waals surface area contributed by atoms with Crippen LogP contribution in [0.15, 0.2) is 54.6 Å². The van der Waals surface area contributed by atoms with Crippen molar-refractivity contribution >= 4 is 23.2 Å². The largest absolute Gasteiger partial charge is 0.507 e. The zero-order chi connectivity index (χ0) is 20.7. The lowest BCUT2D eigenvalue weighted by atomic mass is 9.82. The van der Waals surface area contributed by atoms with Crippen LogP contribution in [0.3, 0.4) is 0 Å². The van der Waals surface area contributed by atoms with Gasteiger partial charge < -0.3 is 20.7 Å². The van der Waals surface area contributed by atoms with Gasteiger partial charge in [-0.25, -0.2) is 0 Å². The number of nitrogen functional groups attached to an aromatic ring is 1. The molecule has 7 nitrogen and oxygen atoms in total. The minimum atomic E-state index is -0.953. The van der Waals surface area contributed by atoms with E-state index >= 15 is 0 Å². The number of benzene rings is 3. The van der Waals surface area contributed by atoms with Gasteiger partial charge in [0, 0.05) is 17.2 Å². The van der Waals surface area contributed by atoms with Crippen molar-refractivity contribution in [3.63, 3.8) is 0 Å². The monoisotopic (exact) mass is 389 g/mol. The fourth-order valence-corrected chi connectivity index (χ4v) is 3.34. The molecule has 144 valence electrons. The Morgan fingerprint density at radius 2 is 1.52 bits per heavy atom. The maximum atomic E-state index is 12.9. The average Bonchev–Trinajstić information content (AvgIpc) is 2.69. The summed E-state index contributed by atoms with van der Waals surface area (Å²) in [5, 5.41) is 19.3. The maximum Gasteiger partial charge on any atom is 0.307 e. The van der Waals surface area contributed by atoms with Gasteiger partial charge in [0.25, 0.3) is 0 Å². The first-order valence-electron chi connectivity index (χ1n) is 8.69. The normalized spacial score (nSPS) is 12.3. The molecule has 3 aromatic rings. The SMILES string of the molecule is Nc1c(Oc2ccc(CC(=O)O)cc2)cc(O)c2c1C(=O)c1ccccc1C2=O. The molecule has 0 atom stereocenters. The number of fused-ring (bicyclic) bond motifs is 2. The van der Waals surface area contributed by atoms with E-state index in [2.05, 4.69) is 0 Å². The minimum Gasteiger partial charge on any atom is -0.507 e. The highest BCUT2D eigenvalue weighted by Gasteiger charge is 2.35. The van der Waals surface area contributed by atoms with E-state index in [1.165, 1.54) is 18.2 Å². The lowest BCUT2D eigenvalue weighted by molar-refractivity contribution is -0.136. The summed E-state index contributed by atoms with van der Waals surface area (Å²) in [6.45, 7) is 0. The number of nitrogens with two attached hydrogens (primary N) is 1. The molecule has 0 saturated heterocycles. The van der Waals surface area contributed by atoms with Crippen LogP contribution in [0.25, 0.3) is 0 Å². The molecule has 0 saturated carbocycles. The number of aliphatic carboxylic acids is 1. The van der Waals surface area contributed by atoms with Crippen molar-refractivity contribution in [1.29, 1.82) is 0 Å². The number of anilines is 1. The van der Waals surface area contributed by atoms with Crippen molar-refractivity contribution in [3.05, 3.63) is 82.4 Å². The summed E-state index contributed by atoms with van der Waals surface area (Å²) in [5.74, 6) is -1.95. The first-order chi connectivity index (χ1) is 13.9. The average molecular weight is 389 g/mol. The third kappa shape index (κ3) is 3.08. The van der Waals surface area contributed by atoms with Crippen molar-refractivity contribution in [1.82, 2.24) is 0 Å². The molecule has 29 heavy (non-hydrogen) atoms. The molecule has 0 aromatic heterocycles. The van der Waals surface area contributed by atoms with Crippen LogP contribution in [0.4, 0.5) is 5.69 Å². The molecule has 0 radical (unpaired) electrons. The number of hydrogen-bond donors (Lipinski definition) is 3. The standard InChI is InChI=1S/C22H15NO6/c23-20-16(29-12-7-5-11(6-8-12)9-17(25)26)10-15(24)18-19(20)22(28)14-4-2-1-3-13(14)21(18)27/h1-8,10,24H,9,23H2,(H,25,26). The lowest BCUT2D eigenvalue weighted by Gasteiger charge is -2.21. The first kappa shape index (κ1) is 18.2. The second kappa shape index (κ2) is 6.79. The number of phenolic OH excluding ortho intramolecular Hbond substituents is 1. The summed E-state index contributed by atoms with van der Waals surface area (Å²) in [6.07, 6.45) is -0.127. The van der Waals surface area contributed by atoms with Crippen molar-refractivity contribution < 1.29 is 29.3 Å². The van der Waals surface area contributed by atoms with Crippen molar-refractivity contribution in [2.75, 3.05) is 5.73 Å². The van der Waals surface area contributed by atoms with Crippen molar-refractivity contribution in [2.24, 2.45) is 0 Å². The highest BCUT2D eigenvalue weighted by molar-refractivity contribution is 6.31. The zero-order valence-electron chi connectivity index (χ0n) is 15.0. The number of aromatic hydroxyl groups is 1. The summed E-state index contributed by atoms with van der Waals surface area (Å²) in [7, 11) is 0. The highest BCUT2D eigenvalue weighted by Crippen LogP contribution is 2.42. The van der Waals surface area contributed by atoms with Gasteiger partial charge in [-0.3, -0.25) is 14.4 Å². The lowest BCUT2D eigenvalue weighted by Crippen LogP contribution is -2.22. The van der Waals surface area contributed by atoms with E-state index in [-0.39, 0.29) is 40.1 Å². The van der Waals surface area contributed by atoms with E-state index in [4.69, 9.17) is 15.6 Å². The van der Waals surface area contributed by atoms with Gasteiger partial charge in [0.05, 0.1) is 23.2 Å². The van der Waals surface area contributed by atoms with Crippen LogP contribution < -0.4 is 10.5 Å². The molecule has 7 heteroatoms. The van der Waals surface area contributed by atoms with Crippen LogP contribution in [-0.4, -0.2) is 27.7 Å². The van der Waals surface area contributed by atoms with Gasteiger partial charge in [-0.2, -0.15) is 0 Å². The van der Waals surface area contributed by atoms with Gasteiger partial charge in [0.1, 0.15) is 11.5 Å². The van der Waals surface area contributed by atoms with Gasteiger partial charge in [-0.1, -0.05) is 36.4 Å². The van der Waals surface area contributed by atoms with Gasteiger partial charge in [-0.05, 0) is 17.7 Å². The second-order valence-corrected chi connectivity index (χ2v) is 6.58. The summed E-state index contributed by atoms with van der Waals surface area (Å²) in [6, 6.07) is 13.8. The van der Waals surface area contributed by atoms with Crippen LogP contribution in [0.1, 0.15) is 37.4 Å². The second-order valence-electron chi connectivity index (χ2n) is 6.58. The number of phenols is 1. The smallest absolute Gasteiger partial charge is 0.307 e.